The molecule has 0 amide bonds. The molecule has 0 aliphatic rings. The van der Waals surface area contributed by atoms with Gasteiger partial charge in [0.1, 0.15) is 5.75 Å². The van der Waals surface area contributed by atoms with Crippen molar-refractivity contribution in [1.29, 1.82) is 0 Å². The Morgan fingerprint density at radius 3 is 3.05 bits per heavy atom. The number of aromatic nitrogens is 1. The largest absolute Gasteiger partial charge is 0.497 e. The first kappa shape index (κ1) is 15.3. The van der Waals surface area contributed by atoms with Crippen molar-refractivity contribution < 1.29 is 14.3 Å². The monoisotopic (exact) mass is 306 g/mol. The molecule has 6 heteroatoms. The fraction of sp³-hybridized carbons (Fsp3) is 0.333. The van der Waals surface area contributed by atoms with E-state index in [0.29, 0.717) is 12.3 Å². The van der Waals surface area contributed by atoms with Crippen LogP contribution in [0.2, 0.25) is 0 Å². The van der Waals surface area contributed by atoms with E-state index in [-0.39, 0.29) is 5.97 Å². The van der Waals surface area contributed by atoms with Gasteiger partial charge in [0.15, 0.2) is 10.8 Å². The van der Waals surface area contributed by atoms with E-state index in [1.165, 1.54) is 16.9 Å². The summed E-state index contributed by atoms with van der Waals surface area (Å²) in [6, 6.07) is 7.95. The number of methoxy groups -OCH3 is 1. The maximum absolute atomic E-state index is 11.5. The summed E-state index contributed by atoms with van der Waals surface area (Å²) >= 11 is 1.40. The minimum atomic E-state index is -0.380. The van der Waals surface area contributed by atoms with Gasteiger partial charge in [-0.3, -0.25) is 0 Å². The summed E-state index contributed by atoms with van der Waals surface area (Å²) in [6.07, 6.45) is 0.853. The van der Waals surface area contributed by atoms with Gasteiger partial charge in [0.2, 0.25) is 0 Å². The Hall–Kier alpha value is -2.08. The molecule has 1 aromatic heterocycles. The Bertz CT molecular complexity index is 598. The molecule has 112 valence electrons. The number of hydrogen-bond donors (Lipinski definition) is 1. The summed E-state index contributed by atoms with van der Waals surface area (Å²) in [6.45, 7) is 2.87. The second-order valence-corrected chi connectivity index (χ2v) is 5.14. The summed E-state index contributed by atoms with van der Waals surface area (Å²) in [5.41, 5.74) is 1.54. The number of benzene rings is 1. The molecule has 0 bridgehead atoms. The van der Waals surface area contributed by atoms with Crippen LogP contribution >= 0.6 is 11.3 Å². The molecule has 2 aromatic rings. The third-order valence-corrected chi connectivity index (χ3v) is 3.61. The van der Waals surface area contributed by atoms with Crippen LogP contribution in [0.1, 0.15) is 23.0 Å². The number of rotatable bonds is 7. The third kappa shape index (κ3) is 4.46. The molecule has 5 nitrogen and oxygen atoms in total. The van der Waals surface area contributed by atoms with Crippen LogP contribution in [0.15, 0.2) is 29.6 Å². The molecule has 0 aliphatic heterocycles. The SMILES string of the molecule is CCOC(=O)c1csc(NCCc2cccc(OC)c2)n1. The molecule has 0 radical (unpaired) electrons. The van der Waals surface area contributed by atoms with Crippen LogP contribution in [0.3, 0.4) is 0 Å². The highest BCUT2D eigenvalue weighted by Gasteiger charge is 2.11. The summed E-state index contributed by atoms with van der Waals surface area (Å²) in [4.78, 5) is 15.7. The van der Waals surface area contributed by atoms with Crippen molar-refractivity contribution in [1.82, 2.24) is 4.98 Å². The van der Waals surface area contributed by atoms with Crippen molar-refractivity contribution in [3.05, 3.63) is 40.9 Å². The van der Waals surface area contributed by atoms with Gasteiger partial charge >= 0.3 is 5.97 Å². The highest BCUT2D eigenvalue weighted by Crippen LogP contribution is 2.17. The first-order valence-electron chi connectivity index (χ1n) is 6.72. The standard InChI is InChI=1S/C15H18N2O3S/c1-3-20-14(18)13-10-21-15(17-13)16-8-7-11-5-4-6-12(9-11)19-2/h4-6,9-10H,3,7-8H2,1-2H3,(H,16,17). The normalized spacial score (nSPS) is 10.2. The van der Waals surface area contributed by atoms with Gasteiger partial charge in [0.05, 0.1) is 13.7 Å². The lowest BCUT2D eigenvalue weighted by Gasteiger charge is -2.05. The van der Waals surface area contributed by atoms with Crippen molar-refractivity contribution in [3.63, 3.8) is 0 Å². The molecule has 0 saturated heterocycles. The van der Waals surface area contributed by atoms with Crippen molar-refractivity contribution in [3.8, 4) is 5.75 Å². The van der Waals surface area contributed by atoms with Crippen molar-refractivity contribution in [2.45, 2.75) is 13.3 Å². The van der Waals surface area contributed by atoms with E-state index in [4.69, 9.17) is 9.47 Å². The summed E-state index contributed by atoms with van der Waals surface area (Å²) < 4.78 is 10.1. The lowest BCUT2D eigenvalue weighted by atomic mass is 10.1. The van der Waals surface area contributed by atoms with E-state index >= 15 is 0 Å². The number of nitrogens with zero attached hydrogens (tertiary/aromatic N) is 1. The number of carbonyl (C=O) groups excluding carboxylic acids is 1. The maximum Gasteiger partial charge on any atom is 0.357 e. The molecule has 1 N–H and O–H groups in total. The van der Waals surface area contributed by atoms with E-state index in [9.17, 15) is 4.79 Å². The highest BCUT2D eigenvalue weighted by atomic mass is 32.1. The van der Waals surface area contributed by atoms with E-state index in [0.717, 1.165) is 23.8 Å². The van der Waals surface area contributed by atoms with Crippen LogP contribution in [0.25, 0.3) is 0 Å². The van der Waals surface area contributed by atoms with Crippen LogP contribution < -0.4 is 10.1 Å². The van der Waals surface area contributed by atoms with Crippen LogP contribution in [-0.2, 0) is 11.2 Å². The predicted molar refractivity (Wildman–Crippen MR) is 83.3 cm³/mol. The smallest absolute Gasteiger partial charge is 0.357 e. The molecule has 21 heavy (non-hydrogen) atoms. The minimum absolute atomic E-state index is 0.353. The van der Waals surface area contributed by atoms with Crippen LogP contribution in [-0.4, -0.2) is 31.2 Å². The van der Waals surface area contributed by atoms with Crippen molar-refractivity contribution >= 4 is 22.4 Å². The molecule has 2 rings (SSSR count). The Morgan fingerprint density at radius 2 is 2.29 bits per heavy atom. The summed E-state index contributed by atoms with van der Waals surface area (Å²) in [5.74, 6) is 0.473. The fourth-order valence-electron chi connectivity index (χ4n) is 1.80. The topological polar surface area (TPSA) is 60.5 Å². The molecule has 0 unspecified atom stereocenters. The second-order valence-electron chi connectivity index (χ2n) is 4.29. The van der Waals surface area contributed by atoms with E-state index in [1.54, 1.807) is 19.4 Å². The van der Waals surface area contributed by atoms with Crippen molar-refractivity contribution in [2.24, 2.45) is 0 Å². The predicted octanol–water partition coefficient (Wildman–Crippen LogP) is 2.98. The van der Waals surface area contributed by atoms with Gasteiger partial charge in [0.25, 0.3) is 0 Å². The summed E-state index contributed by atoms with van der Waals surface area (Å²) in [5, 5.41) is 5.63. The van der Waals surface area contributed by atoms with Gasteiger partial charge < -0.3 is 14.8 Å². The van der Waals surface area contributed by atoms with Gasteiger partial charge in [-0.25, -0.2) is 9.78 Å². The highest BCUT2D eigenvalue weighted by molar-refractivity contribution is 7.13. The van der Waals surface area contributed by atoms with Crippen LogP contribution in [0, 0.1) is 0 Å². The van der Waals surface area contributed by atoms with E-state index in [1.807, 2.05) is 18.2 Å². The molecule has 1 aromatic carbocycles. The number of ether oxygens (including phenoxy) is 2. The van der Waals surface area contributed by atoms with Gasteiger partial charge in [0, 0.05) is 11.9 Å². The number of nitrogens with one attached hydrogen (secondary N) is 1. The quantitative estimate of drug-likeness (QED) is 0.797. The second kappa shape index (κ2) is 7.64. The number of hydrogen-bond acceptors (Lipinski definition) is 6. The Labute approximate surface area is 127 Å². The molecule has 0 saturated carbocycles. The minimum Gasteiger partial charge on any atom is -0.497 e. The number of carbonyl (C=O) groups is 1. The van der Waals surface area contributed by atoms with Crippen LogP contribution in [0.5, 0.6) is 5.75 Å². The molecule has 0 spiro atoms. The average molecular weight is 306 g/mol. The zero-order chi connectivity index (χ0) is 15.1. The van der Waals surface area contributed by atoms with Gasteiger partial charge in [-0.05, 0) is 31.0 Å². The first-order chi connectivity index (χ1) is 10.2. The fourth-order valence-corrected chi connectivity index (χ4v) is 2.50. The number of esters is 1. The zero-order valence-corrected chi connectivity index (χ0v) is 12.9. The molecule has 0 atom stereocenters. The average Bonchev–Trinajstić information content (AvgIpc) is 2.97. The molecule has 0 fully saturated rings. The molecule has 0 aliphatic carbocycles. The van der Waals surface area contributed by atoms with Crippen molar-refractivity contribution in [2.75, 3.05) is 25.6 Å². The number of anilines is 1. The molecular formula is C15H18N2O3S. The Morgan fingerprint density at radius 1 is 1.43 bits per heavy atom. The lowest BCUT2D eigenvalue weighted by molar-refractivity contribution is 0.0520. The molecule has 1 heterocycles. The first-order valence-corrected chi connectivity index (χ1v) is 7.60. The zero-order valence-electron chi connectivity index (χ0n) is 12.1. The lowest BCUT2D eigenvalue weighted by Crippen LogP contribution is -2.07. The number of thiazole rings is 1. The third-order valence-electron chi connectivity index (χ3n) is 2.81. The van der Waals surface area contributed by atoms with Crippen LogP contribution in [0.4, 0.5) is 5.13 Å². The summed E-state index contributed by atoms with van der Waals surface area (Å²) in [7, 11) is 1.66. The van der Waals surface area contributed by atoms with E-state index < -0.39 is 0 Å². The molecular weight excluding hydrogens is 288 g/mol. The van der Waals surface area contributed by atoms with Gasteiger partial charge in [-0.2, -0.15) is 0 Å². The Balaban J connectivity index is 1.84. The maximum atomic E-state index is 11.5. The Kier molecular flexibility index (Phi) is 5.57. The van der Waals surface area contributed by atoms with Gasteiger partial charge in [-0.15, -0.1) is 11.3 Å². The van der Waals surface area contributed by atoms with E-state index in [2.05, 4.69) is 16.4 Å². The van der Waals surface area contributed by atoms with Gasteiger partial charge in [-0.1, -0.05) is 12.1 Å².